The topological polar surface area (TPSA) is 177 Å². The second-order valence-corrected chi connectivity index (χ2v) is 13.4. The number of benzene rings is 2. The molecule has 0 spiro atoms. The predicted molar refractivity (Wildman–Crippen MR) is 179 cm³/mol. The highest BCUT2D eigenvalue weighted by molar-refractivity contribution is 6.40. The Kier molecular flexibility index (Phi) is 8.86. The Morgan fingerprint density at radius 1 is 0.878 bits per heavy atom. The van der Waals surface area contributed by atoms with Crippen molar-refractivity contribution < 1.29 is 28.8 Å². The van der Waals surface area contributed by atoms with Crippen LogP contribution in [0.2, 0.25) is 10.0 Å². The summed E-state index contributed by atoms with van der Waals surface area (Å²) in [5, 5.41) is 14.9. The fraction of sp³-hybridized carbons (Fsp3) is 0.364. The van der Waals surface area contributed by atoms with E-state index < -0.39 is 35.6 Å². The highest BCUT2D eigenvalue weighted by atomic mass is 35.5. The Hall–Kier alpha value is -4.79. The van der Waals surface area contributed by atoms with Gasteiger partial charge in [-0.3, -0.25) is 49.0 Å². The molecule has 4 aliphatic heterocycles. The van der Waals surface area contributed by atoms with E-state index in [-0.39, 0.29) is 68.9 Å². The van der Waals surface area contributed by atoms with E-state index in [0.717, 1.165) is 56.0 Å². The number of likely N-dealkylation sites (tertiary alicyclic amines) is 1. The number of halogens is 2. The molecule has 254 valence electrons. The Labute approximate surface area is 290 Å². The molecule has 2 unspecified atom stereocenters. The van der Waals surface area contributed by atoms with E-state index in [1.807, 2.05) is 6.07 Å². The predicted octanol–water partition coefficient (Wildman–Crippen LogP) is 2.84. The molecule has 7 rings (SSSR count). The van der Waals surface area contributed by atoms with Crippen molar-refractivity contribution in [3.8, 4) is 0 Å². The van der Waals surface area contributed by atoms with Crippen LogP contribution < -0.4 is 20.9 Å². The lowest BCUT2D eigenvalue weighted by Gasteiger charge is -2.36. The molecule has 3 aromatic rings. The number of aromatic amines is 1. The third kappa shape index (κ3) is 6.27. The molecule has 4 aliphatic rings. The fourth-order valence-corrected chi connectivity index (χ4v) is 7.62. The average molecular weight is 708 g/mol. The van der Waals surface area contributed by atoms with Gasteiger partial charge in [-0.15, -0.1) is 0 Å². The molecule has 4 N–H and O–H groups in total. The van der Waals surface area contributed by atoms with Crippen molar-refractivity contribution in [1.29, 1.82) is 0 Å². The molecule has 2 atom stereocenters. The summed E-state index contributed by atoms with van der Waals surface area (Å²) in [6.45, 7) is 3.06. The van der Waals surface area contributed by atoms with E-state index in [1.165, 1.54) is 6.20 Å². The minimum atomic E-state index is -1.00. The third-order valence-electron chi connectivity index (χ3n) is 9.64. The van der Waals surface area contributed by atoms with Crippen molar-refractivity contribution in [1.82, 2.24) is 30.6 Å². The molecule has 0 aliphatic carbocycles. The van der Waals surface area contributed by atoms with Gasteiger partial charge in [0.15, 0.2) is 0 Å². The van der Waals surface area contributed by atoms with Crippen LogP contribution >= 0.6 is 23.2 Å². The molecule has 1 aromatic heterocycles. The monoisotopic (exact) mass is 706 g/mol. The van der Waals surface area contributed by atoms with Gasteiger partial charge in [-0.2, -0.15) is 5.10 Å². The number of carbonyl (C=O) groups excluding carboxylic acids is 6. The Balaban J connectivity index is 0.923. The number of nitrogens with one attached hydrogen (secondary N) is 4. The maximum absolute atomic E-state index is 13.3. The van der Waals surface area contributed by atoms with Gasteiger partial charge < -0.3 is 15.5 Å². The number of rotatable bonds is 7. The number of aromatic nitrogens is 2. The second kappa shape index (κ2) is 13.3. The third-order valence-corrected chi connectivity index (χ3v) is 10.3. The van der Waals surface area contributed by atoms with Crippen LogP contribution in [0.3, 0.4) is 0 Å². The summed E-state index contributed by atoms with van der Waals surface area (Å²) in [6.07, 6.45) is 3.92. The lowest BCUT2D eigenvalue weighted by atomic mass is 10.0. The molecule has 3 fully saturated rings. The minimum Gasteiger partial charge on any atom is -0.370 e. The summed E-state index contributed by atoms with van der Waals surface area (Å²) in [7, 11) is 0. The van der Waals surface area contributed by atoms with E-state index in [4.69, 9.17) is 23.2 Å². The molecular formula is C33H32Cl2N8O6. The lowest BCUT2D eigenvalue weighted by Crippen LogP contribution is -2.54. The first-order valence-corrected chi connectivity index (χ1v) is 16.8. The van der Waals surface area contributed by atoms with Crippen molar-refractivity contribution in [2.24, 2.45) is 0 Å². The summed E-state index contributed by atoms with van der Waals surface area (Å²) >= 11 is 12.3. The van der Waals surface area contributed by atoms with Gasteiger partial charge in [-0.25, -0.2) is 0 Å². The highest BCUT2D eigenvalue weighted by Crippen LogP contribution is 2.33. The maximum Gasteiger partial charge on any atom is 0.271 e. The number of imide groups is 2. The standard InChI is InChI=1S/C33H32Cl2N8O6/c34-22-2-1-3-23(35)27(22)30(46)38-24-15-36-40-28(24)31(47)37-17-8-11-41(12-9-17)19-10-13-42(16-19)18-4-5-20-21(14-18)33(49)43(32(20)48)25-6-7-26(44)39-29(25)45/h1-5,14-15,17,19,25H,6-13,16H2,(H,36,40)(H,37,47)(H,38,46)(H,39,44,45). The summed E-state index contributed by atoms with van der Waals surface area (Å²) < 4.78 is 0. The minimum absolute atomic E-state index is 0.0694. The van der Waals surface area contributed by atoms with E-state index >= 15 is 0 Å². The van der Waals surface area contributed by atoms with Crippen LogP contribution in [0.15, 0.2) is 42.6 Å². The van der Waals surface area contributed by atoms with Gasteiger partial charge in [0, 0.05) is 50.4 Å². The van der Waals surface area contributed by atoms with Gasteiger partial charge >= 0.3 is 0 Å². The van der Waals surface area contributed by atoms with Gasteiger partial charge in [0.05, 0.1) is 38.6 Å². The summed E-state index contributed by atoms with van der Waals surface area (Å²) in [5.41, 5.74) is 1.79. The van der Waals surface area contributed by atoms with Gasteiger partial charge in [-0.1, -0.05) is 29.3 Å². The number of nitrogens with zero attached hydrogens (tertiary/aromatic N) is 4. The van der Waals surface area contributed by atoms with Crippen LogP contribution in [-0.4, -0.2) is 99.7 Å². The first-order chi connectivity index (χ1) is 23.6. The zero-order chi connectivity index (χ0) is 34.4. The van der Waals surface area contributed by atoms with Crippen LogP contribution in [-0.2, 0) is 9.59 Å². The quantitative estimate of drug-likeness (QED) is 0.269. The number of hydrogen-bond donors (Lipinski definition) is 4. The summed E-state index contributed by atoms with van der Waals surface area (Å²) in [5.74, 6) is -3.03. The first kappa shape index (κ1) is 32.7. The van der Waals surface area contributed by atoms with Crippen molar-refractivity contribution in [2.75, 3.05) is 36.4 Å². The van der Waals surface area contributed by atoms with Crippen LogP contribution in [0.1, 0.15) is 73.7 Å². The van der Waals surface area contributed by atoms with Gasteiger partial charge in [0.25, 0.3) is 23.6 Å². The largest absolute Gasteiger partial charge is 0.370 e. The van der Waals surface area contributed by atoms with Crippen molar-refractivity contribution in [3.05, 3.63) is 75.0 Å². The number of anilines is 2. The van der Waals surface area contributed by atoms with Gasteiger partial charge in [0.2, 0.25) is 11.8 Å². The second-order valence-electron chi connectivity index (χ2n) is 12.6. The fourth-order valence-electron chi connectivity index (χ4n) is 7.05. The Morgan fingerprint density at radius 2 is 1.61 bits per heavy atom. The zero-order valence-corrected chi connectivity index (χ0v) is 27.6. The molecule has 14 nitrogen and oxygen atoms in total. The summed E-state index contributed by atoms with van der Waals surface area (Å²) in [4.78, 5) is 81.9. The summed E-state index contributed by atoms with van der Waals surface area (Å²) in [6, 6.07) is 9.14. The molecule has 2 aromatic carbocycles. The Morgan fingerprint density at radius 3 is 2.35 bits per heavy atom. The van der Waals surface area contributed by atoms with Crippen LogP contribution in [0.4, 0.5) is 11.4 Å². The normalized spacial score (nSPS) is 21.6. The number of fused-ring (bicyclic) bond motifs is 1. The van der Waals surface area contributed by atoms with E-state index in [0.29, 0.717) is 0 Å². The van der Waals surface area contributed by atoms with E-state index in [1.54, 1.807) is 30.3 Å². The SMILES string of the molecule is O=C1CCC(N2C(=O)c3ccc(N4CCC(N5CCC(NC(=O)c6[nH]ncc6NC(=O)c6c(Cl)cccc6Cl)CC5)C4)cc3C2=O)C(=O)N1. The average Bonchev–Trinajstić information content (AvgIpc) is 3.81. The van der Waals surface area contributed by atoms with Gasteiger partial charge in [0.1, 0.15) is 11.7 Å². The molecule has 49 heavy (non-hydrogen) atoms. The molecule has 16 heteroatoms. The van der Waals surface area contributed by atoms with Crippen molar-refractivity contribution in [3.63, 3.8) is 0 Å². The van der Waals surface area contributed by atoms with Crippen molar-refractivity contribution in [2.45, 2.75) is 50.2 Å². The van der Waals surface area contributed by atoms with E-state index in [2.05, 4.69) is 35.9 Å². The van der Waals surface area contributed by atoms with Gasteiger partial charge in [-0.05, 0) is 56.0 Å². The number of H-pyrrole nitrogens is 1. The van der Waals surface area contributed by atoms with E-state index in [9.17, 15) is 28.8 Å². The highest BCUT2D eigenvalue weighted by Gasteiger charge is 2.45. The van der Waals surface area contributed by atoms with Crippen molar-refractivity contribution >= 4 is 70.0 Å². The number of carbonyl (C=O) groups is 6. The van der Waals surface area contributed by atoms with Crippen LogP contribution in [0.25, 0.3) is 0 Å². The molecule has 6 amide bonds. The number of amides is 6. The molecule has 0 radical (unpaired) electrons. The van der Waals surface area contributed by atoms with Crippen LogP contribution in [0, 0.1) is 0 Å². The number of hydrogen-bond acceptors (Lipinski definition) is 9. The molecule has 5 heterocycles. The first-order valence-electron chi connectivity index (χ1n) is 16.0. The van der Waals surface area contributed by atoms with Crippen LogP contribution in [0.5, 0.6) is 0 Å². The smallest absolute Gasteiger partial charge is 0.271 e. The molecule has 0 bridgehead atoms. The number of piperidine rings is 2. The Bertz CT molecular complexity index is 1870. The molecule has 3 saturated heterocycles. The maximum atomic E-state index is 13.3. The lowest BCUT2D eigenvalue weighted by molar-refractivity contribution is -0.136. The zero-order valence-electron chi connectivity index (χ0n) is 26.1. The molecular weight excluding hydrogens is 675 g/mol. The molecule has 0 saturated carbocycles.